The van der Waals surface area contributed by atoms with E-state index in [0.29, 0.717) is 18.3 Å². The van der Waals surface area contributed by atoms with Gasteiger partial charge >= 0.3 is 0 Å². The van der Waals surface area contributed by atoms with Gasteiger partial charge in [-0.3, -0.25) is 4.79 Å². The highest BCUT2D eigenvalue weighted by molar-refractivity contribution is 5.78. The van der Waals surface area contributed by atoms with Crippen LogP contribution in [-0.2, 0) is 4.79 Å². The van der Waals surface area contributed by atoms with E-state index >= 15 is 0 Å². The number of hydrogen-bond donors (Lipinski definition) is 3. The summed E-state index contributed by atoms with van der Waals surface area (Å²) in [4.78, 5) is 11.5. The molecule has 0 heterocycles. The van der Waals surface area contributed by atoms with Crippen molar-refractivity contribution in [1.82, 2.24) is 10.6 Å². The van der Waals surface area contributed by atoms with Gasteiger partial charge < -0.3 is 20.5 Å². The maximum Gasteiger partial charge on any atom is 0.234 e. The second-order valence-electron chi connectivity index (χ2n) is 4.75. The van der Waals surface area contributed by atoms with Crippen LogP contribution >= 0.6 is 0 Å². The minimum Gasteiger partial charge on any atom is -0.497 e. The molecular formula is C14H20N2O3. The van der Waals surface area contributed by atoms with E-state index in [-0.39, 0.29) is 12.5 Å². The lowest BCUT2D eigenvalue weighted by Crippen LogP contribution is -2.36. The van der Waals surface area contributed by atoms with E-state index in [0.717, 1.165) is 18.4 Å². The van der Waals surface area contributed by atoms with Gasteiger partial charge in [-0.2, -0.15) is 0 Å². The fourth-order valence-corrected chi connectivity index (χ4v) is 1.76. The number of rotatable bonds is 7. The van der Waals surface area contributed by atoms with Gasteiger partial charge in [0.15, 0.2) is 0 Å². The molecule has 1 aromatic carbocycles. The predicted octanol–water partition coefficient (Wildman–Crippen LogP) is 0.597. The molecular weight excluding hydrogens is 244 g/mol. The maximum absolute atomic E-state index is 11.5. The zero-order chi connectivity index (χ0) is 13.7. The van der Waals surface area contributed by atoms with E-state index in [4.69, 9.17) is 4.74 Å². The van der Waals surface area contributed by atoms with Crippen molar-refractivity contribution in [3.8, 4) is 5.75 Å². The van der Waals surface area contributed by atoms with Crippen LogP contribution in [0.15, 0.2) is 24.3 Å². The Morgan fingerprint density at radius 3 is 3.00 bits per heavy atom. The summed E-state index contributed by atoms with van der Waals surface area (Å²) in [5.74, 6) is 0.604. The van der Waals surface area contributed by atoms with Crippen molar-refractivity contribution in [2.45, 2.75) is 25.0 Å². The molecule has 1 unspecified atom stereocenters. The van der Waals surface area contributed by atoms with Crippen molar-refractivity contribution in [2.75, 3.05) is 20.2 Å². The summed E-state index contributed by atoms with van der Waals surface area (Å²) in [5.41, 5.74) is 0.731. The molecule has 0 aliphatic heterocycles. The number of benzene rings is 1. The molecule has 1 aromatic rings. The molecule has 0 aromatic heterocycles. The number of ether oxygens (including phenoxy) is 1. The van der Waals surface area contributed by atoms with Crippen LogP contribution in [0.3, 0.4) is 0 Å². The summed E-state index contributed by atoms with van der Waals surface area (Å²) in [6.45, 7) is 0.522. The molecule has 1 fully saturated rings. The Hall–Kier alpha value is -1.59. The predicted molar refractivity (Wildman–Crippen MR) is 72.0 cm³/mol. The van der Waals surface area contributed by atoms with Gasteiger partial charge in [0.2, 0.25) is 5.91 Å². The van der Waals surface area contributed by atoms with Gasteiger partial charge in [-0.1, -0.05) is 12.1 Å². The lowest BCUT2D eigenvalue weighted by molar-refractivity contribution is -0.120. The molecule has 104 valence electrons. The molecule has 1 amide bonds. The topological polar surface area (TPSA) is 70.6 Å². The maximum atomic E-state index is 11.5. The van der Waals surface area contributed by atoms with Crippen molar-refractivity contribution in [1.29, 1.82) is 0 Å². The Bertz CT molecular complexity index is 432. The molecule has 1 aliphatic rings. The highest BCUT2D eigenvalue weighted by atomic mass is 16.5. The van der Waals surface area contributed by atoms with E-state index in [1.54, 1.807) is 13.2 Å². The van der Waals surface area contributed by atoms with E-state index in [2.05, 4.69) is 10.6 Å². The molecule has 0 bridgehead atoms. The average Bonchev–Trinajstić information content (AvgIpc) is 3.26. The Morgan fingerprint density at radius 1 is 1.53 bits per heavy atom. The van der Waals surface area contributed by atoms with Gasteiger partial charge in [-0.15, -0.1) is 0 Å². The number of aliphatic hydroxyl groups is 1. The molecule has 2 rings (SSSR count). The number of carbonyl (C=O) groups is 1. The SMILES string of the molecule is COc1cccc(C(O)CNC(=O)CNC2CC2)c1. The van der Waals surface area contributed by atoms with Crippen molar-refractivity contribution >= 4 is 5.91 Å². The molecule has 1 atom stereocenters. The molecule has 1 saturated carbocycles. The minimum absolute atomic E-state index is 0.0890. The van der Waals surface area contributed by atoms with Crippen LogP contribution < -0.4 is 15.4 Å². The summed E-state index contributed by atoms with van der Waals surface area (Å²) in [6.07, 6.45) is 1.58. The van der Waals surface area contributed by atoms with E-state index < -0.39 is 6.10 Å². The van der Waals surface area contributed by atoms with Crippen molar-refractivity contribution in [2.24, 2.45) is 0 Å². The van der Waals surface area contributed by atoms with Crippen LogP contribution in [-0.4, -0.2) is 37.3 Å². The largest absolute Gasteiger partial charge is 0.497 e. The first-order valence-corrected chi connectivity index (χ1v) is 6.51. The second kappa shape index (κ2) is 6.54. The van der Waals surface area contributed by atoms with Crippen LogP contribution in [0.4, 0.5) is 0 Å². The average molecular weight is 264 g/mol. The fourth-order valence-electron chi connectivity index (χ4n) is 1.76. The van der Waals surface area contributed by atoms with Crippen LogP contribution in [0.2, 0.25) is 0 Å². The Labute approximate surface area is 113 Å². The first-order valence-electron chi connectivity index (χ1n) is 6.51. The van der Waals surface area contributed by atoms with Gasteiger partial charge in [-0.25, -0.2) is 0 Å². The Morgan fingerprint density at radius 2 is 2.32 bits per heavy atom. The standard InChI is InChI=1S/C14H20N2O3/c1-19-12-4-2-3-10(7-12)13(17)8-16-14(18)9-15-11-5-6-11/h2-4,7,11,13,15,17H,5-6,8-9H2,1H3,(H,16,18). The Balaban J connectivity index is 1.75. The van der Waals surface area contributed by atoms with E-state index in [9.17, 15) is 9.90 Å². The van der Waals surface area contributed by atoms with E-state index in [1.165, 1.54) is 0 Å². The molecule has 19 heavy (non-hydrogen) atoms. The quantitative estimate of drug-likeness (QED) is 0.674. The first kappa shape index (κ1) is 13.8. The monoisotopic (exact) mass is 264 g/mol. The zero-order valence-electron chi connectivity index (χ0n) is 11.1. The molecule has 0 radical (unpaired) electrons. The summed E-state index contributed by atoms with van der Waals surface area (Å²) in [6, 6.07) is 7.71. The van der Waals surface area contributed by atoms with Crippen molar-refractivity contribution in [3.63, 3.8) is 0 Å². The van der Waals surface area contributed by atoms with Gasteiger partial charge in [0.25, 0.3) is 0 Å². The highest BCUT2D eigenvalue weighted by Gasteiger charge is 2.21. The van der Waals surface area contributed by atoms with Gasteiger partial charge in [0.1, 0.15) is 5.75 Å². The summed E-state index contributed by atoms with van der Waals surface area (Å²) in [5, 5.41) is 15.8. The van der Waals surface area contributed by atoms with Gasteiger partial charge in [-0.05, 0) is 30.5 Å². The number of nitrogens with one attached hydrogen (secondary N) is 2. The normalized spacial score (nSPS) is 15.9. The van der Waals surface area contributed by atoms with Crippen LogP contribution in [0.1, 0.15) is 24.5 Å². The number of methoxy groups -OCH3 is 1. The third-order valence-corrected chi connectivity index (χ3v) is 3.10. The highest BCUT2D eigenvalue weighted by Crippen LogP contribution is 2.19. The smallest absolute Gasteiger partial charge is 0.234 e. The number of amides is 1. The fraction of sp³-hybridized carbons (Fsp3) is 0.500. The molecule has 5 heteroatoms. The van der Waals surface area contributed by atoms with Crippen LogP contribution in [0.25, 0.3) is 0 Å². The summed E-state index contributed by atoms with van der Waals surface area (Å²) in [7, 11) is 1.58. The molecule has 5 nitrogen and oxygen atoms in total. The second-order valence-corrected chi connectivity index (χ2v) is 4.75. The third kappa shape index (κ3) is 4.54. The molecule has 0 spiro atoms. The molecule has 3 N–H and O–H groups in total. The Kier molecular flexibility index (Phi) is 4.76. The lowest BCUT2D eigenvalue weighted by Gasteiger charge is -2.13. The first-order chi connectivity index (χ1) is 9.19. The number of hydrogen-bond acceptors (Lipinski definition) is 4. The van der Waals surface area contributed by atoms with Gasteiger partial charge in [0, 0.05) is 12.6 Å². The van der Waals surface area contributed by atoms with Crippen LogP contribution in [0.5, 0.6) is 5.75 Å². The van der Waals surface area contributed by atoms with E-state index in [1.807, 2.05) is 18.2 Å². The van der Waals surface area contributed by atoms with Crippen molar-refractivity contribution in [3.05, 3.63) is 29.8 Å². The number of carbonyl (C=O) groups excluding carboxylic acids is 1. The summed E-state index contributed by atoms with van der Waals surface area (Å²) >= 11 is 0. The lowest BCUT2D eigenvalue weighted by atomic mass is 10.1. The zero-order valence-corrected chi connectivity index (χ0v) is 11.1. The third-order valence-electron chi connectivity index (χ3n) is 3.10. The molecule has 0 saturated heterocycles. The minimum atomic E-state index is -0.722. The van der Waals surface area contributed by atoms with Gasteiger partial charge in [0.05, 0.1) is 19.8 Å². The molecule has 1 aliphatic carbocycles. The number of aliphatic hydroxyl groups excluding tert-OH is 1. The van der Waals surface area contributed by atoms with Crippen LogP contribution in [0, 0.1) is 0 Å². The summed E-state index contributed by atoms with van der Waals surface area (Å²) < 4.78 is 5.09. The van der Waals surface area contributed by atoms with Crippen molar-refractivity contribution < 1.29 is 14.6 Å².